The summed E-state index contributed by atoms with van der Waals surface area (Å²) in [5.74, 6) is 2.02. The molecule has 7 aromatic rings. The summed E-state index contributed by atoms with van der Waals surface area (Å²) in [6.45, 7) is 3.23. The van der Waals surface area contributed by atoms with E-state index in [2.05, 4.69) is 19.9 Å². The minimum atomic E-state index is -3.69. The number of nitro groups is 1. The van der Waals surface area contributed by atoms with Crippen molar-refractivity contribution in [1.82, 2.24) is 28.1 Å². The molecule has 0 unspecified atom stereocenters. The van der Waals surface area contributed by atoms with Crippen LogP contribution in [0.15, 0.2) is 131 Å². The fourth-order valence-electron chi connectivity index (χ4n) is 8.23. The molecule has 30 heteroatoms. The SMILES string of the molecule is COc1ccc(S(=O)(=O)N2CCC(Nc3ncccc3[N+](=O)[O-])CC2)cc1Cl.COc1ccc(S(=O)(=O)N2CCC(n3c(-c4ccccc4Cl)nc4cccnc43)CC2)cc1C.O=Cc1ccccc1Cl.O=S(=O)=S(=O)=O.[Na][Na]. The van der Waals surface area contributed by atoms with Crippen LogP contribution in [0.2, 0.25) is 15.1 Å². The van der Waals surface area contributed by atoms with Crippen LogP contribution in [0.3, 0.4) is 0 Å². The molecule has 0 bridgehead atoms. The monoisotopic (exact) mass is 1240 g/mol. The van der Waals surface area contributed by atoms with Crippen molar-refractivity contribution in [3.63, 3.8) is 0 Å². The average Bonchev–Trinajstić information content (AvgIpc) is 4.10. The van der Waals surface area contributed by atoms with Gasteiger partial charge >= 0.3 is 67.8 Å². The third-order valence-corrected chi connectivity index (χ3v) is 17.7. The molecule has 0 aliphatic carbocycles. The number of aryl methyl sites for hydroxylation is 1. The number of aromatic nitrogens is 4. The summed E-state index contributed by atoms with van der Waals surface area (Å²) in [4.78, 5) is 34.6. The maximum absolute atomic E-state index is 13.3. The molecule has 0 amide bonds. The minimum absolute atomic E-state index is 0.0511. The van der Waals surface area contributed by atoms with Crippen LogP contribution in [-0.4, -0.2) is 163 Å². The Morgan fingerprint density at radius 2 is 1.23 bits per heavy atom. The van der Waals surface area contributed by atoms with Crippen LogP contribution in [0.4, 0.5) is 11.5 Å². The van der Waals surface area contributed by atoms with Crippen molar-refractivity contribution in [3.8, 4) is 22.9 Å². The third-order valence-electron chi connectivity index (χ3n) is 12.0. The average molecular weight is 1240 g/mol. The van der Waals surface area contributed by atoms with Crippen LogP contribution in [0.25, 0.3) is 22.6 Å². The van der Waals surface area contributed by atoms with Gasteiger partial charge in [0, 0.05) is 67.8 Å². The van der Waals surface area contributed by atoms with Gasteiger partial charge in [0.1, 0.15) is 22.8 Å². The summed E-state index contributed by atoms with van der Waals surface area (Å²) in [5, 5.41) is 15.5. The Hall–Kier alpha value is -4.55. The second kappa shape index (κ2) is 31.0. The zero-order valence-corrected chi connectivity index (χ0v) is 52.7. The van der Waals surface area contributed by atoms with Crippen molar-refractivity contribution in [2.24, 2.45) is 0 Å². The van der Waals surface area contributed by atoms with Gasteiger partial charge in [0.15, 0.2) is 11.9 Å². The van der Waals surface area contributed by atoms with Crippen molar-refractivity contribution in [3.05, 3.63) is 158 Å². The van der Waals surface area contributed by atoms with E-state index in [1.165, 1.54) is 91.6 Å². The summed E-state index contributed by atoms with van der Waals surface area (Å²) in [6, 6.07) is 30.5. The molecule has 5 heterocycles. The van der Waals surface area contributed by atoms with E-state index < -0.39 is 43.5 Å². The maximum atomic E-state index is 13.3. The molecular formula is C49H49Cl3N8Na2O13S4. The van der Waals surface area contributed by atoms with Crippen LogP contribution in [0.5, 0.6) is 11.5 Å². The first-order valence-corrected chi connectivity index (χ1v) is 38.7. The van der Waals surface area contributed by atoms with Gasteiger partial charge < -0.3 is 19.4 Å². The second-order valence-corrected chi connectivity index (χ2v) is 24.2. The van der Waals surface area contributed by atoms with E-state index in [0.29, 0.717) is 65.9 Å². The number of halogens is 3. The van der Waals surface area contributed by atoms with Gasteiger partial charge in [-0.25, -0.2) is 31.8 Å². The topological polar surface area (TPSA) is 277 Å². The van der Waals surface area contributed by atoms with Crippen molar-refractivity contribution in [1.29, 1.82) is 0 Å². The molecule has 4 aromatic carbocycles. The first kappa shape index (κ1) is 65.3. The molecule has 0 radical (unpaired) electrons. The van der Waals surface area contributed by atoms with Gasteiger partial charge in [0.2, 0.25) is 25.9 Å². The molecule has 2 aliphatic rings. The summed E-state index contributed by atoms with van der Waals surface area (Å²) in [7, 11) is -10.2. The molecule has 9 rings (SSSR count). The van der Waals surface area contributed by atoms with E-state index in [4.69, 9.17) is 66.1 Å². The number of rotatable bonds is 12. The predicted molar refractivity (Wildman–Crippen MR) is 303 cm³/mol. The summed E-state index contributed by atoms with van der Waals surface area (Å²) < 4.78 is 104. The number of carbonyl (C=O) groups excluding carboxylic acids is 1. The van der Waals surface area contributed by atoms with Crippen LogP contribution in [0, 0.1) is 17.0 Å². The fourth-order valence-corrected chi connectivity index (χ4v) is 12.0. The molecule has 0 atom stereocenters. The number of nitrogens with one attached hydrogen (secondary N) is 1. The Bertz CT molecular complexity index is 3730. The molecule has 2 fully saturated rings. The molecule has 1 N–H and O–H groups in total. The first-order valence-electron chi connectivity index (χ1n) is 24.0. The second-order valence-electron chi connectivity index (χ2n) is 16.7. The zero-order chi connectivity index (χ0) is 58.0. The number of imidazole rings is 1. The number of piperidine rings is 2. The van der Waals surface area contributed by atoms with E-state index >= 15 is 0 Å². The number of hydrogen-bond acceptors (Lipinski definition) is 17. The molecule has 3 aromatic heterocycles. The van der Waals surface area contributed by atoms with Gasteiger partial charge in [-0.2, -0.15) is 25.4 Å². The number of methoxy groups -OCH3 is 2. The number of ether oxygens (including phenoxy) is 2. The van der Waals surface area contributed by atoms with E-state index in [1.54, 1.807) is 60.1 Å². The molecule has 2 saturated heterocycles. The van der Waals surface area contributed by atoms with Crippen LogP contribution >= 0.6 is 34.8 Å². The van der Waals surface area contributed by atoms with Crippen LogP contribution in [-0.2, 0) is 38.6 Å². The van der Waals surface area contributed by atoms with E-state index in [-0.39, 0.29) is 51.5 Å². The standard InChI is InChI=1S/C25H25ClN4O3S.C17H19ClN4O5S.C7H5ClO.2Na.O4S2/c1-17-16-19(9-10-23(17)33-2)34(31,32)29-14-11-18(12-15-29)30-24(20-6-3-4-7-21(20)26)28-22-8-5-13-27-25(22)30;1-27-16-5-4-13(11-14(16)18)28(25,26)21-9-6-12(7-10-21)20-17-15(22(23)24)3-2-8-19-17;8-7-4-2-1-3-6(7)5-9;;;1-5(2)6(3)4/h3-10,13,16,18H,11-12,14-15H2,1-2H3;2-5,8,11-12H,6-7,9-10H2,1H3,(H,19,20);1-5H;;;. The number of carbonyl (C=O) groups is 1. The summed E-state index contributed by atoms with van der Waals surface area (Å²) >= 11 is 21.0. The number of fused-ring (bicyclic) bond motifs is 1. The Balaban J connectivity index is 0.000000227. The third kappa shape index (κ3) is 17.2. The fraction of sp³-hybridized carbons (Fsp3) is 0.265. The molecule has 79 heavy (non-hydrogen) atoms. The van der Waals surface area contributed by atoms with E-state index in [0.717, 1.165) is 34.4 Å². The Kier molecular flexibility index (Phi) is 25.6. The van der Waals surface area contributed by atoms with Crippen LogP contribution < -0.4 is 14.8 Å². The molecule has 2 aliphatic heterocycles. The van der Waals surface area contributed by atoms with Gasteiger partial charge in [-0.05, 0) is 111 Å². The van der Waals surface area contributed by atoms with Crippen molar-refractivity contribution >= 4 is 146 Å². The summed E-state index contributed by atoms with van der Waals surface area (Å²) in [6.07, 6.45) is 6.25. The molecule has 0 spiro atoms. The van der Waals surface area contributed by atoms with Crippen molar-refractivity contribution in [2.45, 2.75) is 54.5 Å². The molecule has 0 saturated carbocycles. The Morgan fingerprint density at radius 1 is 0.696 bits per heavy atom. The van der Waals surface area contributed by atoms with E-state index in [1.807, 2.05) is 43.3 Å². The number of aldehydes is 1. The number of pyridine rings is 2. The zero-order valence-electron chi connectivity index (χ0n) is 43.1. The first-order chi connectivity index (χ1) is 37.7. The van der Waals surface area contributed by atoms with Gasteiger partial charge in [0.05, 0.1) is 44.0 Å². The van der Waals surface area contributed by atoms with Crippen LogP contribution in [0.1, 0.15) is 47.6 Å². The number of hydrogen-bond donors (Lipinski definition) is 1. The summed E-state index contributed by atoms with van der Waals surface area (Å²) in [5.41, 5.74) is 3.64. The van der Waals surface area contributed by atoms with E-state index in [9.17, 15) is 31.7 Å². The Labute approximate surface area is 502 Å². The van der Waals surface area contributed by atoms with Gasteiger partial charge in [-0.3, -0.25) is 14.9 Å². The number of sulfonamides is 2. The van der Waals surface area contributed by atoms with Gasteiger partial charge in [-0.15, -0.1) is 0 Å². The number of nitrogens with zero attached hydrogens (tertiary/aromatic N) is 7. The molecule has 410 valence electrons. The number of benzene rings is 4. The van der Waals surface area contributed by atoms with Crippen molar-refractivity contribution < 1.29 is 52.9 Å². The predicted octanol–water partition coefficient (Wildman–Crippen LogP) is 8.06. The van der Waals surface area contributed by atoms with Gasteiger partial charge in [-0.1, -0.05) is 65.1 Å². The Morgan fingerprint density at radius 3 is 1.75 bits per heavy atom. The number of anilines is 1. The normalized spacial score (nSPS) is 14.1. The quantitative estimate of drug-likeness (QED) is 0.0524. The van der Waals surface area contributed by atoms with Crippen molar-refractivity contribution in [2.75, 3.05) is 45.7 Å². The molecular weight excluding hydrogens is 1190 g/mol. The van der Waals surface area contributed by atoms with Gasteiger partial charge in [0.25, 0.3) is 0 Å². The molecule has 21 nitrogen and oxygen atoms in total.